The second-order valence-corrected chi connectivity index (χ2v) is 6.13. The predicted molar refractivity (Wildman–Crippen MR) is 85.2 cm³/mol. The zero-order chi connectivity index (χ0) is 14.7. The van der Waals surface area contributed by atoms with Crippen LogP contribution in [-0.2, 0) is 0 Å². The van der Waals surface area contributed by atoms with Crippen LogP contribution in [0.25, 0.3) is 10.9 Å². The summed E-state index contributed by atoms with van der Waals surface area (Å²) >= 11 is 0. The fourth-order valence-electron chi connectivity index (χ4n) is 2.93. The normalized spacial score (nSPS) is 21.9. The van der Waals surface area contributed by atoms with E-state index in [1.165, 1.54) is 12.8 Å². The van der Waals surface area contributed by atoms with Gasteiger partial charge in [-0.15, -0.1) is 0 Å². The van der Waals surface area contributed by atoms with Gasteiger partial charge in [-0.3, -0.25) is 0 Å². The molecule has 1 aromatic heterocycles. The largest absolute Gasteiger partial charge is 0.369 e. The summed E-state index contributed by atoms with van der Waals surface area (Å²) in [5.41, 5.74) is 1.79. The molecule has 4 heteroatoms. The molecule has 1 aromatic carbocycles. The van der Waals surface area contributed by atoms with Crippen molar-refractivity contribution in [1.29, 1.82) is 5.26 Å². The van der Waals surface area contributed by atoms with E-state index in [1.807, 2.05) is 30.3 Å². The maximum atomic E-state index is 9.31. The molecule has 4 nitrogen and oxygen atoms in total. The average Bonchev–Trinajstić information content (AvgIpc) is 2.53. The van der Waals surface area contributed by atoms with E-state index < -0.39 is 0 Å². The van der Waals surface area contributed by atoms with Crippen molar-refractivity contribution in [2.24, 2.45) is 5.41 Å². The first kappa shape index (κ1) is 13.8. The average molecular weight is 280 g/mol. The van der Waals surface area contributed by atoms with E-state index in [9.17, 15) is 5.26 Å². The van der Waals surface area contributed by atoms with Crippen molar-refractivity contribution >= 4 is 16.7 Å². The highest BCUT2D eigenvalue weighted by Gasteiger charge is 2.26. The molecule has 0 aliphatic carbocycles. The van der Waals surface area contributed by atoms with Gasteiger partial charge in [-0.05, 0) is 36.9 Å². The number of nitriles is 1. The number of nitrogens with zero attached hydrogens (tertiary/aromatic N) is 2. The summed E-state index contributed by atoms with van der Waals surface area (Å²) in [4.78, 5) is 4.62. The molecule has 1 unspecified atom stereocenters. The van der Waals surface area contributed by atoms with Crippen LogP contribution in [-0.4, -0.2) is 24.6 Å². The van der Waals surface area contributed by atoms with Gasteiger partial charge in [0.2, 0.25) is 0 Å². The standard InChI is InChI=1S/C17H20N4/c1-17(7-4-8-19-11-17)12-20-16-9-13(10-18)14-5-2-3-6-15(14)21-16/h2-3,5-6,9,19H,4,7-8,11-12H2,1H3,(H,20,21). The second kappa shape index (κ2) is 5.71. The smallest absolute Gasteiger partial charge is 0.128 e. The monoisotopic (exact) mass is 280 g/mol. The Labute approximate surface area is 125 Å². The molecule has 2 heterocycles. The van der Waals surface area contributed by atoms with Gasteiger partial charge < -0.3 is 10.6 Å². The zero-order valence-electron chi connectivity index (χ0n) is 12.3. The molecule has 1 fully saturated rings. The number of benzene rings is 1. The Hall–Kier alpha value is -2.12. The van der Waals surface area contributed by atoms with Crippen LogP contribution < -0.4 is 10.6 Å². The van der Waals surface area contributed by atoms with Crippen molar-refractivity contribution in [1.82, 2.24) is 10.3 Å². The first-order valence-electron chi connectivity index (χ1n) is 7.45. The SMILES string of the molecule is CC1(CNc2cc(C#N)c3ccccc3n2)CCCNC1. The van der Waals surface area contributed by atoms with E-state index in [2.05, 4.69) is 28.6 Å². The van der Waals surface area contributed by atoms with Crippen molar-refractivity contribution in [2.45, 2.75) is 19.8 Å². The van der Waals surface area contributed by atoms with E-state index in [4.69, 9.17) is 0 Å². The number of hydrogen-bond donors (Lipinski definition) is 2. The molecule has 3 rings (SSSR count). The van der Waals surface area contributed by atoms with Crippen molar-refractivity contribution in [2.75, 3.05) is 25.0 Å². The molecule has 2 aromatic rings. The lowest BCUT2D eigenvalue weighted by atomic mass is 9.83. The Morgan fingerprint density at radius 2 is 2.29 bits per heavy atom. The number of anilines is 1. The highest BCUT2D eigenvalue weighted by molar-refractivity contribution is 5.86. The van der Waals surface area contributed by atoms with Crippen LogP contribution in [0.4, 0.5) is 5.82 Å². The Morgan fingerprint density at radius 3 is 3.05 bits per heavy atom. The number of rotatable bonds is 3. The quantitative estimate of drug-likeness (QED) is 0.907. The fraction of sp³-hybridized carbons (Fsp3) is 0.412. The predicted octanol–water partition coefficient (Wildman–Crippen LogP) is 2.91. The molecule has 1 aliphatic rings. The van der Waals surface area contributed by atoms with Gasteiger partial charge in [0.05, 0.1) is 17.1 Å². The summed E-state index contributed by atoms with van der Waals surface area (Å²) in [6, 6.07) is 11.9. The lowest BCUT2D eigenvalue weighted by Gasteiger charge is -2.34. The van der Waals surface area contributed by atoms with Gasteiger partial charge in [0, 0.05) is 18.5 Å². The third-order valence-corrected chi connectivity index (χ3v) is 4.22. The number of piperidine rings is 1. The summed E-state index contributed by atoms with van der Waals surface area (Å²) in [5, 5.41) is 17.1. The Bertz CT molecular complexity index is 681. The van der Waals surface area contributed by atoms with Crippen LogP contribution in [0.5, 0.6) is 0 Å². The van der Waals surface area contributed by atoms with Crippen LogP contribution in [0.3, 0.4) is 0 Å². The lowest BCUT2D eigenvalue weighted by molar-refractivity contribution is 0.253. The summed E-state index contributed by atoms with van der Waals surface area (Å²) < 4.78 is 0. The highest BCUT2D eigenvalue weighted by atomic mass is 15.0. The number of aromatic nitrogens is 1. The number of pyridine rings is 1. The summed E-state index contributed by atoms with van der Waals surface area (Å²) in [7, 11) is 0. The van der Waals surface area contributed by atoms with Gasteiger partial charge in [-0.2, -0.15) is 5.26 Å². The minimum atomic E-state index is 0.248. The second-order valence-electron chi connectivity index (χ2n) is 6.13. The van der Waals surface area contributed by atoms with E-state index >= 15 is 0 Å². The number of hydrogen-bond acceptors (Lipinski definition) is 4. The van der Waals surface area contributed by atoms with E-state index in [1.54, 1.807) is 0 Å². The summed E-state index contributed by atoms with van der Waals surface area (Å²) in [6.07, 6.45) is 2.43. The van der Waals surface area contributed by atoms with Gasteiger partial charge in [0.25, 0.3) is 0 Å². The van der Waals surface area contributed by atoms with Crippen LogP contribution in [0.15, 0.2) is 30.3 Å². The topological polar surface area (TPSA) is 60.7 Å². The fourth-order valence-corrected chi connectivity index (χ4v) is 2.93. The van der Waals surface area contributed by atoms with Crippen molar-refractivity contribution in [3.05, 3.63) is 35.9 Å². The van der Waals surface area contributed by atoms with Crippen molar-refractivity contribution < 1.29 is 0 Å². The minimum absolute atomic E-state index is 0.248. The molecular weight excluding hydrogens is 260 g/mol. The molecule has 0 saturated carbocycles. The first-order valence-corrected chi connectivity index (χ1v) is 7.45. The zero-order valence-corrected chi connectivity index (χ0v) is 12.3. The van der Waals surface area contributed by atoms with Crippen LogP contribution in [0.2, 0.25) is 0 Å². The van der Waals surface area contributed by atoms with Gasteiger partial charge >= 0.3 is 0 Å². The number of fused-ring (bicyclic) bond motifs is 1. The molecule has 0 radical (unpaired) electrons. The first-order chi connectivity index (χ1) is 10.2. The molecule has 21 heavy (non-hydrogen) atoms. The minimum Gasteiger partial charge on any atom is -0.369 e. The Balaban J connectivity index is 1.82. The maximum absolute atomic E-state index is 9.31. The molecule has 0 amide bonds. The third kappa shape index (κ3) is 2.98. The number of para-hydroxylation sites is 1. The Kier molecular flexibility index (Phi) is 3.76. The summed E-state index contributed by atoms with van der Waals surface area (Å²) in [5.74, 6) is 0.789. The number of nitrogens with one attached hydrogen (secondary N) is 2. The lowest BCUT2D eigenvalue weighted by Crippen LogP contribution is -2.42. The van der Waals surface area contributed by atoms with Crippen LogP contribution in [0, 0.1) is 16.7 Å². The molecule has 1 aliphatic heterocycles. The molecular formula is C17H20N4. The summed E-state index contributed by atoms with van der Waals surface area (Å²) in [6.45, 7) is 5.30. The van der Waals surface area contributed by atoms with Crippen LogP contribution in [0.1, 0.15) is 25.3 Å². The maximum Gasteiger partial charge on any atom is 0.128 e. The van der Waals surface area contributed by atoms with E-state index in [0.717, 1.165) is 36.4 Å². The molecule has 2 N–H and O–H groups in total. The van der Waals surface area contributed by atoms with Crippen molar-refractivity contribution in [3.63, 3.8) is 0 Å². The van der Waals surface area contributed by atoms with E-state index in [0.29, 0.717) is 5.56 Å². The molecule has 0 spiro atoms. The third-order valence-electron chi connectivity index (χ3n) is 4.22. The molecule has 1 saturated heterocycles. The molecule has 0 bridgehead atoms. The van der Waals surface area contributed by atoms with Gasteiger partial charge in [0.15, 0.2) is 0 Å². The molecule has 108 valence electrons. The van der Waals surface area contributed by atoms with Gasteiger partial charge in [0.1, 0.15) is 5.82 Å². The Morgan fingerprint density at radius 1 is 1.43 bits per heavy atom. The highest BCUT2D eigenvalue weighted by Crippen LogP contribution is 2.26. The van der Waals surface area contributed by atoms with Crippen molar-refractivity contribution in [3.8, 4) is 6.07 Å². The van der Waals surface area contributed by atoms with E-state index in [-0.39, 0.29) is 5.41 Å². The van der Waals surface area contributed by atoms with Gasteiger partial charge in [-0.25, -0.2) is 4.98 Å². The van der Waals surface area contributed by atoms with Gasteiger partial charge in [-0.1, -0.05) is 25.1 Å². The van der Waals surface area contributed by atoms with Crippen LogP contribution >= 0.6 is 0 Å². The molecule has 1 atom stereocenters.